The molecule has 6 nitrogen and oxygen atoms in total. The molecule has 1 amide bonds. The third kappa shape index (κ3) is 3.92. The van der Waals surface area contributed by atoms with Crippen molar-refractivity contribution in [3.8, 4) is 11.4 Å². The second kappa shape index (κ2) is 7.64. The minimum atomic E-state index is 0.0694. The second-order valence-electron chi connectivity index (χ2n) is 6.99. The van der Waals surface area contributed by atoms with E-state index in [1.807, 2.05) is 24.6 Å². The molecule has 0 saturated heterocycles. The average molecular weight is 362 g/mol. The summed E-state index contributed by atoms with van der Waals surface area (Å²) in [6.45, 7) is 6.41. The summed E-state index contributed by atoms with van der Waals surface area (Å²) < 4.78 is 7.24. The highest BCUT2D eigenvalue weighted by Crippen LogP contribution is 2.30. The van der Waals surface area contributed by atoms with Gasteiger partial charge in [0, 0.05) is 13.1 Å². The number of hydrogen-bond donors (Lipinski definition) is 1. The number of aromatic nitrogens is 3. The van der Waals surface area contributed by atoms with E-state index >= 15 is 0 Å². The van der Waals surface area contributed by atoms with Crippen LogP contribution in [0.15, 0.2) is 21.9 Å². The molecule has 1 aliphatic carbocycles. The van der Waals surface area contributed by atoms with E-state index in [2.05, 4.69) is 29.4 Å². The maximum absolute atomic E-state index is 12.3. The highest BCUT2D eigenvalue weighted by Gasteiger charge is 2.28. The van der Waals surface area contributed by atoms with E-state index in [1.54, 1.807) is 6.26 Å². The fourth-order valence-corrected chi connectivity index (χ4v) is 4.18. The monoisotopic (exact) mass is 362 g/mol. The molecule has 7 heteroatoms. The van der Waals surface area contributed by atoms with Gasteiger partial charge in [0.15, 0.2) is 11.0 Å². The lowest BCUT2D eigenvalue weighted by Crippen LogP contribution is -2.44. The minimum Gasteiger partial charge on any atom is -0.469 e. The lowest BCUT2D eigenvalue weighted by Gasteiger charge is -2.34. The quantitative estimate of drug-likeness (QED) is 0.825. The summed E-state index contributed by atoms with van der Waals surface area (Å²) >= 11 is 1.42. The van der Waals surface area contributed by atoms with E-state index in [0.717, 1.165) is 28.7 Å². The first-order valence-corrected chi connectivity index (χ1v) is 9.82. The molecule has 2 aromatic heterocycles. The third-order valence-corrected chi connectivity index (χ3v) is 6.34. The first-order chi connectivity index (χ1) is 12.0. The molecule has 3 atom stereocenters. The standard InChI is InChI=1S/C18H26N4O2S/c1-11-6-5-7-15(12(11)2)19-16(23)10-25-18-21-20-17(22(18)4)14-8-9-24-13(14)3/h8-9,11-12,15H,5-7,10H2,1-4H3,(H,19,23). The summed E-state index contributed by atoms with van der Waals surface area (Å²) in [7, 11) is 1.91. The summed E-state index contributed by atoms with van der Waals surface area (Å²) in [4.78, 5) is 12.3. The van der Waals surface area contributed by atoms with Crippen molar-refractivity contribution in [1.29, 1.82) is 0 Å². The highest BCUT2D eigenvalue weighted by molar-refractivity contribution is 7.99. The van der Waals surface area contributed by atoms with Gasteiger partial charge in [0.2, 0.25) is 5.91 Å². The third-order valence-electron chi connectivity index (χ3n) is 5.32. The van der Waals surface area contributed by atoms with Crippen LogP contribution in [-0.4, -0.2) is 32.5 Å². The molecule has 0 radical (unpaired) electrons. The van der Waals surface area contributed by atoms with Crippen LogP contribution in [0.1, 0.15) is 38.9 Å². The van der Waals surface area contributed by atoms with Gasteiger partial charge in [-0.3, -0.25) is 4.79 Å². The van der Waals surface area contributed by atoms with Crippen molar-refractivity contribution in [1.82, 2.24) is 20.1 Å². The van der Waals surface area contributed by atoms with Crippen molar-refractivity contribution in [2.24, 2.45) is 18.9 Å². The fraction of sp³-hybridized carbons (Fsp3) is 0.611. The highest BCUT2D eigenvalue weighted by atomic mass is 32.2. The number of thioether (sulfide) groups is 1. The van der Waals surface area contributed by atoms with Gasteiger partial charge in [-0.05, 0) is 31.2 Å². The topological polar surface area (TPSA) is 72.9 Å². The maximum Gasteiger partial charge on any atom is 0.230 e. The average Bonchev–Trinajstić information content (AvgIpc) is 3.15. The Hall–Kier alpha value is -1.76. The Bertz CT molecular complexity index is 739. The fourth-order valence-electron chi connectivity index (χ4n) is 3.46. The summed E-state index contributed by atoms with van der Waals surface area (Å²) in [5.74, 6) is 3.20. The van der Waals surface area contributed by atoms with Gasteiger partial charge < -0.3 is 14.3 Å². The van der Waals surface area contributed by atoms with E-state index in [1.165, 1.54) is 24.6 Å². The first kappa shape index (κ1) is 18.0. The zero-order valence-electron chi connectivity index (χ0n) is 15.3. The van der Waals surface area contributed by atoms with Gasteiger partial charge in [0.05, 0.1) is 17.6 Å². The minimum absolute atomic E-state index is 0.0694. The van der Waals surface area contributed by atoms with Gasteiger partial charge in [-0.1, -0.05) is 38.5 Å². The molecule has 1 aliphatic rings. The van der Waals surface area contributed by atoms with Crippen LogP contribution >= 0.6 is 11.8 Å². The van der Waals surface area contributed by atoms with Gasteiger partial charge in [0.1, 0.15) is 5.76 Å². The number of nitrogens with one attached hydrogen (secondary N) is 1. The van der Waals surface area contributed by atoms with Crippen LogP contribution in [0.3, 0.4) is 0 Å². The molecule has 0 spiro atoms. The Morgan fingerprint density at radius 3 is 2.92 bits per heavy atom. The Balaban J connectivity index is 1.58. The molecule has 0 aliphatic heterocycles. The van der Waals surface area contributed by atoms with Crippen molar-refractivity contribution in [3.63, 3.8) is 0 Å². The first-order valence-electron chi connectivity index (χ1n) is 8.83. The van der Waals surface area contributed by atoms with Crippen molar-refractivity contribution >= 4 is 17.7 Å². The summed E-state index contributed by atoms with van der Waals surface area (Å²) in [6.07, 6.45) is 5.18. The van der Waals surface area contributed by atoms with Crippen LogP contribution in [0, 0.1) is 18.8 Å². The molecule has 1 saturated carbocycles. The molecule has 136 valence electrons. The summed E-state index contributed by atoms with van der Waals surface area (Å²) in [5.41, 5.74) is 0.927. The normalized spacial score (nSPS) is 23.6. The van der Waals surface area contributed by atoms with E-state index in [0.29, 0.717) is 23.6 Å². The smallest absolute Gasteiger partial charge is 0.230 e. The van der Waals surface area contributed by atoms with Crippen molar-refractivity contribution < 1.29 is 9.21 Å². The SMILES string of the molecule is Cc1occc1-c1nnc(SCC(=O)NC2CCCC(C)C2C)n1C. The van der Waals surface area contributed by atoms with Crippen molar-refractivity contribution in [2.45, 2.75) is 51.2 Å². The lowest BCUT2D eigenvalue weighted by atomic mass is 9.78. The number of rotatable bonds is 5. The largest absolute Gasteiger partial charge is 0.469 e. The van der Waals surface area contributed by atoms with Gasteiger partial charge in [0.25, 0.3) is 0 Å². The molecule has 0 bridgehead atoms. The zero-order valence-corrected chi connectivity index (χ0v) is 16.1. The molecule has 3 unspecified atom stereocenters. The number of aryl methyl sites for hydroxylation is 1. The second-order valence-corrected chi connectivity index (χ2v) is 7.93. The molecule has 1 N–H and O–H groups in total. The Morgan fingerprint density at radius 1 is 1.40 bits per heavy atom. The molecule has 25 heavy (non-hydrogen) atoms. The summed E-state index contributed by atoms with van der Waals surface area (Å²) in [5, 5.41) is 12.4. The van der Waals surface area contributed by atoms with Gasteiger partial charge in [-0.15, -0.1) is 10.2 Å². The van der Waals surface area contributed by atoms with Crippen molar-refractivity contribution in [3.05, 3.63) is 18.1 Å². The zero-order chi connectivity index (χ0) is 18.0. The molecule has 2 aromatic rings. The number of nitrogens with zero attached hydrogens (tertiary/aromatic N) is 3. The lowest BCUT2D eigenvalue weighted by molar-refractivity contribution is -0.120. The Morgan fingerprint density at radius 2 is 2.20 bits per heavy atom. The van der Waals surface area contributed by atoms with E-state index < -0.39 is 0 Å². The number of furan rings is 1. The molecular formula is C18H26N4O2S. The van der Waals surface area contributed by atoms with Crippen LogP contribution in [0.4, 0.5) is 0 Å². The van der Waals surface area contributed by atoms with Gasteiger partial charge in [-0.2, -0.15) is 0 Å². The number of carbonyl (C=O) groups excluding carboxylic acids is 1. The number of amides is 1. The van der Waals surface area contributed by atoms with E-state index in [9.17, 15) is 4.79 Å². The van der Waals surface area contributed by atoms with Crippen LogP contribution < -0.4 is 5.32 Å². The van der Waals surface area contributed by atoms with Crippen LogP contribution in [0.25, 0.3) is 11.4 Å². The van der Waals surface area contributed by atoms with Crippen LogP contribution in [0.5, 0.6) is 0 Å². The maximum atomic E-state index is 12.3. The van der Waals surface area contributed by atoms with E-state index in [4.69, 9.17) is 4.42 Å². The van der Waals surface area contributed by atoms with Crippen molar-refractivity contribution in [2.75, 3.05) is 5.75 Å². The molecule has 1 fully saturated rings. The number of hydrogen-bond acceptors (Lipinski definition) is 5. The van der Waals surface area contributed by atoms with Crippen LogP contribution in [-0.2, 0) is 11.8 Å². The summed E-state index contributed by atoms with van der Waals surface area (Å²) in [6, 6.07) is 2.17. The predicted octanol–water partition coefficient (Wildman–Crippen LogP) is 3.42. The Labute approximate surface area is 152 Å². The molecule has 3 rings (SSSR count). The predicted molar refractivity (Wildman–Crippen MR) is 98.3 cm³/mol. The van der Waals surface area contributed by atoms with Gasteiger partial charge >= 0.3 is 0 Å². The Kier molecular flexibility index (Phi) is 5.51. The molecule has 0 aromatic carbocycles. The molecule has 2 heterocycles. The van der Waals surface area contributed by atoms with Crippen LogP contribution in [0.2, 0.25) is 0 Å². The van der Waals surface area contributed by atoms with E-state index in [-0.39, 0.29) is 5.91 Å². The number of carbonyl (C=O) groups is 1. The molecular weight excluding hydrogens is 336 g/mol. The van der Waals surface area contributed by atoms with Gasteiger partial charge in [-0.25, -0.2) is 0 Å².